The minimum absolute atomic E-state index is 0.326. The Hall–Kier alpha value is -1.10. The lowest BCUT2D eigenvalue weighted by atomic mass is 9.88. The van der Waals surface area contributed by atoms with Gasteiger partial charge >= 0.3 is 0 Å². The van der Waals surface area contributed by atoms with Gasteiger partial charge in [-0.3, -0.25) is 0 Å². The topological polar surface area (TPSA) is 50.7 Å². The summed E-state index contributed by atoms with van der Waals surface area (Å²) in [5.41, 5.74) is 1.23. The molecule has 19 heavy (non-hydrogen) atoms. The highest BCUT2D eigenvalue weighted by Crippen LogP contribution is 2.35. The Bertz CT molecular complexity index is 383. The maximum Gasteiger partial charge on any atom is 0.122 e. The molecule has 0 aliphatic carbocycles. The van der Waals surface area contributed by atoms with E-state index in [0.717, 1.165) is 31.7 Å². The predicted molar refractivity (Wildman–Crippen MR) is 74.7 cm³/mol. The molecule has 2 N–H and O–H groups in total. The van der Waals surface area contributed by atoms with Gasteiger partial charge in [0.15, 0.2) is 0 Å². The molecule has 2 atom stereocenters. The van der Waals surface area contributed by atoms with Gasteiger partial charge < -0.3 is 19.9 Å². The normalized spacial score (nSPS) is 19.6. The highest BCUT2D eigenvalue weighted by molar-refractivity contribution is 5.37. The van der Waals surface area contributed by atoms with E-state index in [1.807, 2.05) is 18.2 Å². The van der Waals surface area contributed by atoms with E-state index in [1.165, 1.54) is 5.56 Å². The third-order valence-electron chi connectivity index (χ3n) is 3.50. The summed E-state index contributed by atoms with van der Waals surface area (Å²) in [7, 11) is 1.68. The average molecular weight is 265 g/mol. The number of aliphatic hydroxyl groups is 1. The number of hydrogen-bond donors (Lipinski definition) is 2. The van der Waals surface area contributed by atoms with Crippen LogP contribution in [0.3, 0.4) is 0 Å². The van der Waals surface area contributed by atoms with Gasteiger partial charge in [0.05, 0.1) is 19.3 Å². The Labute approximate surface area is 114 Å². The standard InChI is InChI=1S/C15H23NO3/c1-18-9-7-16-11-13(17)10-12-6-8-19-15-5-3-2-4-14(12)15/h2-5,12-13,16-17H,6-11H2,1H3. The molecular formula is C15H23NO3. The summed E-state index contributed by atoms with van der Waals surface area (Å²) in [5.74, 6) is 1.36. The molecule has 0 fully saturated rings. The Kier molecular flexibility index (Phi) is 5.63. The molecule has 1 aliphatic heterocycles. The van der Waals surface area contributed by atoms with E-state index in [4.69, 9.17) is 9.47 Å². The molecular weight excluding hydrogens is 242 g/mol. The quantitative estimate of drug-likeness (QED) is 0.734. The number of methoxy groups -OCH3 is 1. The number of benzene rings is 1. The number of nitrogens with one attached hydrogen (secondary N) is 1. The molecule has 0 spiro atoms. The number of hydrogen-bond acceptors (Lipinski definition) is 4. The lowest BCUT2D eigenvalue weighted by Crippen LogP contribution is -2.31. The van der Waals surface area contributed by atoms with Gasteiger partial charge in [-0.25, -0.2) is 0 Å². The monoisotopic (exact) mass is 265 g/mol. The van der Waals surface area contributed by atoms with Crippen molar-refractivity contribution in [3.63, 3.8) is 0 Å². The van der Waals surface area contributed by atoms with E-state index < -0.39 is 0 Å². The van der Waals surface area contributed by atoms with E-state index in [1.54, 1.807) is 7.11 Å². The highest BCUT2D eigenvalue weighted by Gasteiger charge is 2.23. The molecule has 0 saturated carbocycles. The molecule has 2 rings (SSSR count). The molecule has 4 nitrogen and oxygen atoms in total. The van der Waals surface area contributed by atoms with Gasteiger partial charge in [0.1, 0.15) is 5.75 Å². The lowest BCUT2D eigenvalue weighted by Gasteiger charge is -2.27. The second-order valence-corrected chi connectivity index (χ2v) is 4.96. The first kappa shape index (κ1) is 14.3. The van der Waals surface area contributed by atoms with E-state index >= 15 is 0 Å². The first-order chi connectivity index (χ1) is 9.31. The second-order valence-electron chi connectivity index (χ2n) is 4.96. The third-order valence-corrected chi connectivity index (χ3v) is 3.50. The van der Waals surface area contributed by atoms with Crippen molar-refractivity contribution in [3.05, 3.63) is 29.8 Å². The van der Waals surface area contributed by atoms with Crippen molar-refractivity contribution >= 4 is 0 Å². The summed E-state index contributed by atoms with van der Waals surface area (Å²) in [6.07, 6.45) is 1.43. The lowest BCUT2D eigenvalue weighted by molar-refractivity contribution is 0.135. The fourth-order valence-corrected chi connectivity index (χ4v) is 2.52. The summed E-state index contributed by atoms with van der Waals surface area (Å²) >= 11 is 0. The molecule has 2 unspecified atom stereocenters. The Balaban J connectivity index is 1.83. The van der Waals surface area contributed by atoms with Crippen LogP contribution in [-0.4, -0.2) is 44.6 Å². The van der Waals surface area contributed by atoms with Gasteiger partial charge in [0.25, 0.3) is 0 Å². The molecule has 0 radical (unpaired) electrons. The van der Waals surface area contributed by atoms with Crippen LogP contribution in [0.2, 0.25) is 0 Å². The maximum atomic E-state index is 10.1. The van der Waals surface area contributed by atoms with Crippen LogP contribution < -0.4 is 10.1 Å². The van der Waals surface area contributed by atoms with Crippen molar-refractivity contribution in [2.24, 2.45) is 0 Å². The fourth-order valence-electron chi connectivity index (χ4n) is 2.52. The second kappa shape index (κ2) is 7.48. The molecule has 0 amide bonds. The van der Waals surface area contributed by atoms with Crippen molar-refractivity contribution in [1.82, 2.24) is 5.32 Å². The van der Waals surface area contributed by atoms with Gasteiger partial charge in [-0.2, -0.15) is 0 Å². The number of para-hydroxylation sites is 1. The minimum atomic E-state index is -0.326. The third kappa shape index (κ3) is 4.20. The Morgan fingerprint density at radius 3 is 3.16 bits per heavy atom. The number of aliphatic hydroxyl groups excluding tert-OH is 1. The van der Waals surface area contributed by atoms with E-state index in [0.29, 0.717) is 19.1 Å². The van der Waals surface area contributed by atoms with E-state index in [-0.39, 0.29) is 6.10 Å². The molecule has 1 aliphatic rings. The highest BCUT2D eigenvalue weighted by atomic mass is 16.5. The first-order valence-electron chi connectivity index (χ1n) is 6.90. The van der Waals surface area contributed by atoms with Crippen molar-refractivity contribution in [2.45, 2.75) is 24.9 Å². The zero-order chi connectivity index (χ0) is 13.5. The van der Waals surface area contributed by atoms with Crippen LogP contribution >= 0.6 is 0 Å². The molecule has 0 bridgehead atoms. The van der Waals surface area contributed by atoms with Gasteiger partial charge in [0.2, 0.25) is 0 Å². The number of ether oxygens (including phenoxy) is 2. The van der Waals surface area contributed by atoms with E-state index in [2.05, 4.69) is 11.4 Å². The first-order valence-corrected chi connectivity index (χ1v) is 6.90. The predicted octanol–water partition coefficient (Wildman–Crippen LogP) is 1.54. The summed E-state index contributed by atoms with van der Waals surface area (Å²) in [4.78, 5) is 0. The number of rotatable bonds is 7. The smallest absolute Gasteiger partial charge is 0.122 e. The molecule has 0 saturated heterocycles. The summed E-state index contributed by atoms with van der Waals surface area (Å²) in [6.45, 7) is 2.80. The van der Waals surface area contributed by atoms with Crippen LogP contribution in [-0.2, 0) is 4.74 Å². The summed E-state index contributed by atoms with van der Waals surface area (Å²) in [6, 6.07) is 8.13. The van der Waals surface area contributed by atoms with Crippen molar-refractivity contribution < 1.29 is 14.6 Å². The average Bonchev–Trinajstić information content (AvgIpc) is 2.44. The molecule has 1 heterocycles. The van der Waals surface area contributed by atoms with Crippen LogP contribution in [0.25, 0.3) is 0 Å². The molecule has 106 valence electrons. The van der Waals surface area contributed by atoms with Crippen molar-refractivity contribution in [2.75, 3.05) is 33.4 Å². The van der Waals surface area contributed by atoms with Crippen LogP contribution in [0.5, 0.6) is 5.75 Å². The van der Waals surface area contributed by atoms with Gasteiger partial charge in [0, 0.05) is 20.2 Å². The minimum Gasteiger partial charge on any atom is -0.493 e. The molecule has 1 aromatic rings. The molecule has 0 aromatic heterocycles. The van der Waals surface area contributed by atoms with Crippen LogP contribution in [0, 0.1) is 0 Å². The maximum absolute atomic E-state index is 10.1. The van der Waals surface area contributed by atoms with Crippen LogP contribution in [0.15, 0.2) is 24.3 Å². The van der Waals surface area contributed by atoms with Crippen LogP contribution in [0.4, 0.5) is 0 Å². The Morgan fingerprint density at radius 2 is 2.32 bits per heavy atom. The zero-order valence-electron chi connectivity index (χ0n) is 11.5. The molecule has 4 heteroatoms. The summed E-state index contributed by atoms with van der Waals surface area (Å²) < 4.78 is 10.6. The largest absolute Gasteiger partial charge is 0.493 e. The van der Waals surface area contributed by atoms with E-state index in [9.17, 15) is 5.11 Å². The zero-order valence-corrected chi connectivity index (χ0v) is 11.5. The van der Waals surface area contributed by atoms with Crippen LogP contribution in [0.1, 0.15) is 24.3 Å². The SMILES string of the molecule is COCCNCC(O)CC1CCOc2ccccc21. The van der Waals surface area contributed by atoms with Crippen molar-refractivity contribution in [1.29, 1.82) is 0 Å². The summed E-state index contributed by atoms with van der Waals surface area (Å²) in [5, 5.41) is 13.3. The van der Waals surface area contributed by atoms with Gasteiger partial charge in [-0.1, -0.05) is 18.2 Å². The fraction of sp³-hybridized carbons (Fsp3) is 0.600. The van der Waals surface area contributed by atoms with Crippen molar-refractivity contribution in [3.8, 4) is 5.75 Å². The number of fused-ring (bicyclic) bond motifs is 1. The molecule has 1 aromatic carbocycles. The van der Waals surface area contributed by atoms with Gasteiger partial charge in [-0.05, 0) is 30.4 Å². The Morgan fingerprint density at radius 1 is 1.47 bits per heavy atom. The van der Waals surface area contributed by atoms with Gasteiger partial charge in [-0.15, -0.1) is 0 Å².